The molecule has 0 aliphatic carbocycles. The Balaban J connectivity index is 3.23. The van der Waals surface area contributed by atoms with Gasteiger partial charge in [-0.05, 0) is 20.3 Å². The molecule has 3 heteroatoms. The topological polar surface area (TPSA) is 26.3 Å². The molecule has 66 valence electrons. The van der Waals surface area contributed by atoms with E-state index in [1.807, 2.05) is 13.8 Å². The summed E-state index contributed by atoms with van der Waals surface area (Å²) in [6.45, 7) is 6.17. The van der Waals surface area contributed by atoms with Crippen LogP contribution in [-0.4, -0.2) is 23.6 Å². The van der Waals surface area contributed by atoms with Gasteiger partial charge in [0.2, 0.25) is 5.12 Å². The highest BCUT2D eigenvalue weighted by molar-refractivity contribution is 8.13. The molecule has 0 aromatic carbocycles. The van der Waals surface area contributed by atoms with Gasteiger partial charge in [0.1, 0.15) is 6.61 Å². The van der Waals surface area contributed by atoms with Crippen molar-refractivity contribution < 1.29 is 9.53 Å². The highest BCUT2D eigenvalue weighted by Gasteiger charge is 2.02. The van der Waals surface area contributed by atoms with Gasteiger partial charge in [0.15, 0.2) is 0 Å². The second-order valence-corrected chi connectivity index (χ2v) is 3.73. The molecule has 11 heavy (non-hydrogen) atoms. The van der Waals surface area contributed by atoms with Crippen molar-refractivity contribution in [3.05, 3.63) is 0 Å². The third-order valence-electron chi connectivity index (χ3n) is 1.00. The lowest BCUT2D eigenvalue weighted by Gasteiger charge is -2.04. The number of rotatable bonds is 5. The lowest BCUT2D eigenvalue weighted by Crippen LogP contribution is -2.10. The molecule has 0 aliphatic rings. The van der Waals surface area contributed by atoms with Crippen LogP contribution in [-0.2, 0) is 9.53 Å². The molecule has 0 bridgehead atoms. The first-order valence-electron chi connectivity index (χ1n) is 3.94. The molecule has 0 fully saturated rings. The number of carbonyl (C=O) groups is 1. The van der Waals surface area contributed by atoms with E-state index in [0.717, 1.165) is 12.2 Å². The smallest absolute Gasteiger partial charge is 0.214 e. The van der Waals surface area contributed by atoms with E-state index in [-0.39, 0.29) is 17.8 Å². The molecular formula is C8H16O2S. The Morgan fingerprint density at radius 1 is 1.55 bits per heavy atom. The number of ether oxygens (including phenoxy) is 1. The maximum Gasteiger partial charge on any atom is 0.214 e. The molecule has 0 aliphatic heterocycles. The van der Waals surface area contributed by atoms with Crippen molar-refractivity contribution in [2.45, 2.75) is 33.3 Å². The normalized spacial score (nSPS) is 10.5. The van der Waals surface area contributed by atoms with Gasteiger partial charge in [-0.3, -0.25) is 4.79 Å². The van der Waals surface area contributed by atoms with Crippen LogP contribution < -0.4 is 0 Å². The minimum Gasteiger partial charge on any atom is -0.370 e. The molecule has 0 heterocycles. The molecule has 0 saturated heterocycles. The Labute approximate surface area is 72.7 Å². The molecule has 0 amide bonds. The third kappa shape index (κ3) is 7.88. The summed E-state index contributed by atoms with van der Waals surface area (Å²) in [5.74, 6) is 0.903. The summed E-state index contributed by atoms with van der Waals surface area (Å²) in [6.07, 6.45) is 1.19. The predicted molar refractivity (Wildman–Crippen MR) is 48.8 cm³/mol. The van der Waals surface area contributed by atoms with Crippen molar-refractivity contribution in [2.24, 2.45) is 0 Å². The maximum absolute atomic E-state index is 10.9. The maximum atomic E-state index is 10.9. The molecule has 0 aromatic heterocycles. The summed E-state index contributed by atoms with van der Waals surface area (Å²) in [5, 5.41) is 0.139. The minimum absolute atomic E-state index is 0.139. The Kier molecular flexibility index (Phi) is 6.66. The summed E-state index contributed by atoms with van der Waals surface area (Å²) in [4.78, 5) is 10.9. The first-order chi connectivity index (χ1) is 5.16. The van der Waals surface area contributed by atoms with E-state index in [1.165, 1.54) is 11.8 Å². The van der Waals surface area contributed by atoms with E-state index in [2.05, 4.69) is 6.92 Å². The van der Waals surface area contributed by atoms with Gasteiger partial charge in [0.05, 0.1) is 6.10 Å². The van der Waals surface area contributed by atoms with E-state index >= 15 is 0 Å². The standard InChI is InChI=1S/C8H16O2S/c1-4-5-11-8(9)6-10-7(2)3/h7H,4-6H2,1-3H3. The minimum atomic E-state index is 0.139. The largest absolute Gasteiger partial charge is 0.370 e. The van der Waals surface area contributed by atoms with E-state index in [1.54, 1.807) is 0 Å². The zero-order valence-corrected chi connectivity index (χ0v) is 8.24. The van der Waals surface area contributed by atoms with E-state index in [0.29, 0.717) is 0 Å². The van der Waals surface area contributed by atoms with Crippen LogP contribution in [0.5, 0.6) is 0 Å². The van der Waals surface area contributed by atoms with Crippen LogP contribution in [0.25, 0.3) is 0 Å². The second-order valence-electron chi connectivity index (χ2n) is 2.58. The molecular weight excluding hydrogens is 160 g/mol. The summed E-state index contributed by atoms with van der Waals surface area (Å²) in [6, 6.07) is 0. The summed E-state index contributed by atoms with van der Waals surface area (Å²) >= 11 is 1.35. The fourth-order valence-electron chi connectivity index (χ4n) is 0.492. The van der Waals surface area contributed by atoms with Crippen LogP contribution >= 0.6 is 11.8 Å². The van der Waals surface area contributed by atoms with E-state index in [9.17, 15) is 4.79 Å². The highest BCUT2D eigenvalue weighted by atomic mass is 32.2. The quantitative estimate of drug-likeness (QED) is 0.641. The molecule has 0 N–H and O–H groups in total. The number of hydrogen-bond acceptors (Lipinski definition) is 3. The Bertz CT molecular complexity index is 113. The average molecular weight is 176 g/mol. The van der Waals surface area contributed by atoms with Crippen molar-refractivity contribution in [2.75, 3.05) is 12.4 Å². The van der Waals surface area contributed by atoms with Crippen molar-refractivity contribution >= 4 is 16.9 Å². The fraction of sp³-hybridized carbons (Fsp3) is 0.875. The van der Waals surface area contributed by atoms with Gasteiger partial charge in [-0.2, -0.15) is 0 Å². The van der Waals surface area contributed by atoms with Gasteiger partial charge in [-0.25, -0.2) is 0 Å². The molecule has 0 aromatic rings. The SMILES string of the molecule is CCCSC(=O)COC(C)C. The zero-order valence-electron chi connectivity index (χ0n) is 7.42. The summed E-state index contributed by atoms with van der Waals surface area (Å²) in [5.41, 5.74) is 0. The third-order valence-corrected chi connectivity index (χ3v) is 2.05. The molecule has 0 unspecified atom stereocenters. The first kappa shape index (κ1) is 11.0. The molecule has 0 saturated carbocycles. The van der Waals surface area contributed by atoms with Gasteiger partial charge in [0.25, 0.3) is 0 Å². The van der Waals surface area contributed by atoms with Crippen LogP contribution in [0.15, 0.2) is 0 Å². The Hall–Kier alpha value is -0.0200. The van der Waals surface area contributed by atoms with Crippen molar-refractivity contribution in [1.29, 1.82) is 0 Å². The van der Waals surface area contributed by atoms with Crippen LogP contribution in [0.2, 0.25) is 0 Å². The van der Waals surface area contributed by atoms with Gasteiger partial charge >= 0.3 is 0 Å². The zero-order chi connectivity index (χ0) is 8.69. The predicted octanol–water partition coefficient (Wildman–Crippen LogP) is 2.08. The van der Waals surface area contributed by atoms with Crippen molar-refractivity contribution in [1.82, 2.24) is 0 Å². The van der Waals surface area contributed by atoms with E-state index < -0.39 is 0 Å². The van der Waals surface area contributed by atoms with Crippen LogP contribution in [0.3, 0.4) is 0 Å². The fourth-order valence-corrected chi connectivity index (χ4v) is 1.08. The molecule has 0 rings (SSSR count). The van der Waals surface area contributed by atoms with Crippen LogP contribution in [0.4, 0.5) is 0 Å². The summed E-state index contributed by atoms with van der Waals surface area (Å²) in [7, 11) is 0. The van der Waals surface area contributed by atoms with Crippen molar-refractivity contribution in [3.8, 4) is 0 Å². The lowest BCUT2D eigenvalue weighted by molar-refractivity contribution is -0.116. The molecule has 2 nitrogen and oxygen atoms in total. The first-order valence-corrected chi connectivity index (χ1v) is 4.92. The molecule has 0 radical (unpaired) electrons. The van der Waals surface area contributed by atoms with Gasteiger partial charge in [-0.1, -0.05) is 18.7 Å². The average Bonchev–Trinajstić information content (AvgIpc) is 1.97. The van der Waals surface area contributed by atoms with E-state index in [4.69, 9.17) is 4.74 Å². The van der Waals surface area contributed by atoms with Crippen LogP contribution in [0.1, 0.15) is 27.2 Å². The van der Waals surface area contributed by atoms with Gasteiger partial charge in [0, 0.05) is 5.75 Å². The monoisotopic (exact) mass is 176 g/mol. The number of thioether (sulfide) groups is 1. The van der Waals surface area contributed by atoms with Gasteiger partial charge < -0.3 is 4.74 Å². The summed E-state index contributed by atoms with van der Waals surface area (Å²) < 4.78 is 5.13. The number of hydrogen-bond donors (Lipinski definition) is 0. The van der Waals surface area contributed by atoms with Crippen molar-refractivity contribution in [3.63, 3.8) is 0 Å². The lowest BCUT2D eigenvalue weighted by atomic mass is 10.5. The molecule has 0 spiro atoms. The highest BCUT2D eigenvalue weighted by Crippen LogP contribution is 2.04. The van der Waals surface area contributed by atoms with Crippen LogP contribution in [0, 0.1) is 0 Å². The Morgan fingerprint density at radius 3 is 2.64 bits per heavy atom. The second kappa shape index (κ2) is 6.68. The molecule has 0 atom stereocenters. The number of carbonyl (C=O) groups excluding carboxylic acids is 1. The van der Waals surface area contributed by atoms with Gasteiger partial charge in [-0.15, -0.1) is 0 Å². The Morgan fingerprint density at radius 2 is 2.18 bits per heavy atom.